The lowest BCUT2D eigenvalue weighted by molar-refractivity contribution is 0.171. The summed E-state index contributed by atoms with van der Waals surface area (Å²) in [6, 6.07) is 21.5. The van der Waals surface area contributed by atoms with Crippen LogP contribution in [0, 0.1) is 77.6 Å². The Hall–Kier alpha value is -15.5. The van der Waals surface area contributed by atoms with Gasteiger partial charge in [-0.2, -0.15) is 0 Å². The standard InChI is InChI=1S/C23H27FN4O2.3C22H25FN4O2.C21H23FN4O2.CH4/c1-13-7-5-9-26-15(13)8-6-10-27-19-17(24)18(25)16-20-22(19)30-12-23(3,4)28(20)11-14(2)21(16)29;1-13-11-27-19-15(20(13)28)17(24)16(23)18(21(19)29-12-22(27,2)3)26-9-5-7-14-6-4-8-25-10-14;1-12-6-4-8-25-15(12)7-5-9-26-19-17(23)18(24)16-20-22(19)29-11-14(3)27(20)10-13(2)21(16)28;1-13-11-27-19-15(20(13)28)17(24)16(23)18(21(19)29-12-22(27,2)3)26-10-6-8-14-7-4-5-9-25-14;1-12-10-26-13(2)11-28-21-18(16(22)17(23)15(19(21)26)20(12)27)25-8-4-6-14-5-3-7-24-9-14;/h5,7,9,11,27H,6,8,10,12,25H2,1-4H3;4,6,8,10-11,26H,5,7,9,12,24H2,1-3H3;4,6,8,10,14,26H,5,7,9,11,24H2,1-3H3;4-5,7,9,11,26H,6,8,10,12,24H2,1-3H3;3,5,7,9-10,13,25H,4,6,8,11,23H2,1-2H3;1H4/t;;14-;;13-;/m..0.0./s1. The molecule has 20 rings (SSSR count). The highest BCUT2D eigenvalue weighted by Crippen LogP contribution is 2.50. The summed E-state index contributed by atoms with van der Waals surface area (Å²) in [4.78, 5) is 84.9. The molecule has 10 aromatic heterocycles. The first-order valence-corrected chi connectivity index (χ1v) is 48.9. The van der Waals surface area contributed by atoms with Gasteiger partial charge < -0.3 is 102 Å². The minimum Gasteiger partial charge on any atom is -0.487 e. The van der Waals surface area contributed by atoms with E-state index in [-0.39, 0.29) is 147 Å². The van der Waals surface area contributed by atoms with Crippen molar-refractivity contribution in [3.8, 4) is 28.7 Å². The lowest BCUT2D eigenvalue weighted by atomic mass is 9.99. The molecule has 768 valence electrons. The SMILES string of the molecule is C.Cc1cccnc1CCCNc1c(F)c(N)c2c(=O)c(C)cn3c2c1OCC3(C)C.Cc1cccnc1CCCNc1c(F)c(N)c2c(=O)c(C)cn3c2c1OC[C@@H]3C.Cc1cn2c3c(c(NCCCc4ccccn4)c(F)c(N)c3c1=O)OCC2(C)C.Cc1cn2c3c(c(NCCCc4cccnc4)c(F)c(N)c3c1=O)OCC2(C)C.Cc1cn2c3c(c(NCCCc4cccnc4)c(F)c(N)c3c1=O)OC[C@@H]2C. The molecule has 0 unspecified atom stereocenters. The molecule has 30 nitrogen and oxygen atoms in total. The zero-order valence-electron chi connectivity index (χ0n) is 84.4. The van der Waals surface area contributed by atoms with Crippen LogP contribution in [0.25, 0.3) is 54.5 Å². The van der Waals surface area contributed by atoms with Crippen LogP contribution < -0.4 is 106 Å². The number of hydrogen-bond acceptors (Lipinski definition) is 25. The number of anilines is 10. The van der Waals surface area contributed by atoms with Crippen LogP contribution in [0.2, 0.25) is 0 Å². The maximum atomic E-state index is 15.2. The highest BCUT2D eigenvalue weighted by molar-refractivity contribution is 6.05. The van der Waals surface area contributed by atoms with E-state index in [9.17, 15) is 24.0 Å². The highest BCUT2D eigenvalue weighted by Gasteiger charge is 2.40. The van der Waals surface area contributed by atoms with E-state index in [2.05, 4.69) is 51.5 Å². The molecule has 15 aromatic rings. The molecule has 146 heavy (non-hydrogen) atoms. The first-order chi connectivity index (χ1) is 69.2. The van der Waals surface area contributed by atoms with Crippen LogP contribution in [0.5, 0.6) is 28.7 Å². The average Bonchev–Trinajstić information content (AvgIpc) is 0.721. The largest absolute Gasteiger partial charge is 0.487 e. The van der Waals surface area contributed by atoms with Gasteiger partial charge in [0.15, 0.2) is 85.0 Å². The Labute approximate surface area is 842 Å². The molecule has 0 fully saturated rings. The Kier molecular flexibility index (Phi) is 31.0. The molecule has 5 aromatic carbocycles. The molecular formula is C111H129F5N20O10. The number of ether oxygens (including phenoxy) is 5. The van der Waals surface area contributed by atoms with Crippen LogP contribution in [0.1, 0.15) is 174 Å². The molecule has 0 bridgehead atoms. The molecule has 5 aliphatic heterocycles. The number of aromatic nitrogens is 10. The van der Waals surface area contributed by atoms with Crippen LogP contribution in [0.15, 0.2) is 165 Å². The monoisotopic (exact) mass is 2000 g/mol. The number of aryl methyl sites for hydroxylation is 12. The Balaban J connectivity index is 0.000000137. The van der Waals surface area contributed by atoms with Crippen LogP contribution in [-0.4, -0.2) is 114 Å². The first kappa shape index (κ1) is 105. The molecule has 0 aliphatic carbocycles. The van der Waals surface area contributed by atoms with E-state index in [1.54, 1.807) is 90.4 Å². The van der Waals surface area contributed by atoms with Crippen molar-refractivity contribution in [2.75, 3.05) is 121 Å². The second-order valence-corrected chi connectivity index (χ2v) is 39.8. The van der Waals surface area contributed by atoms with E-state index < -0.39 is 29.1 Å². The number of nitrogens with zero attached hydrogens (tertiary/aromatic N) is 10. The van der Waals surface area contributed by atoms with Crippen molar-refractivity contribution in [1.29, 1.82) is 0 Å². The zero-order chi connectivity index (χ0) is 104. The Morgan fingerprint density at radius 2 is 0.623 bits per heavy atom. The van der Waals surface area contributed by atoms with E-state index >= 15 is 22.0 Å². The fourth-order valence-corrected chi connectivity index (χ4v) is 19.2. The van der Waals surface area contributed by atoms with Crippen molar-refractivity contribution in [3.63, 3.8) is 0 Å². The molecule has 0 saturated carbocycles. The molecule has 5 aliphatic rings. The molecule has 35 heteroatoms. The lowest BCUT2D eigenvalue weighted by Gasteiger charge is -2.36. The van der Waals surface area contributed by atoms with Crippen LogP contribution in [-0.2, 0) is 48.7 Å². The summed E-state index contributed by atoms with van der Waals surface area (Å²) < 4.78 is 115. The number of hydrogen-bond donors (Lipinski definition) is 10. The fraction of sp³-hybridized carbons (Fsp3) is 0.369. The minimum atomic E-state index is -0.640. The van der Waals surface area contributed by atoms with Crippen molar-refractivity contribution in [1.82, 2.24) is 47.8 Å². The summed E-state index contributed by atoms with van der Waals surface area (Å²) in [5.74, 6) is -1.41. The molecule has 15 heterocycles. The van der Waals surface area contributed by atoms with Crippen LogP contribution in [0.4, 0.5) is 78.8 Å². The van der Waals surface area contributed by atoms with Gasteiger partial charge in [-0.3, -0.25) is 48.9 Å². The van der Waals surface area contributed by atoms with Crippen LogP contribution in [0.3, 0.4) is 0 Å². The second kappa shape index (κ2) is 43.2. The first-order valence-electron chi connectivity index (χ1n) is 48.9. The third-order valence-electron chi connectivity index (χ3n) is 27.4. The summed E-state index contributed by atoms with van der Waals surface area (Å²) in [7, 11) is 0. The summed E-state index contributed by atoms with van der Waals surface area (Å²) in [5, 5.41) is 16.6. The molecule has 0 radical (unpaired) electrons. The van der Waals surface area contributed by atoms with Gasteiger partial charge in [-0.05, 0) is 227 Å². The van der Waals surface area contributed by atoms with Crippen molar-refractivity contribution in [2.24, 2.45) is 0 Å². The topological polar surface area (TPSA) is 411 Å². The Morgan fingerprint density at radius 1 is 0.342 bits per heavy atom. The van der Waals surface area contributed by atoms with Crippen molar-refractivity contribution in [2.45, 2.75) is 204 Å². The van der Waals surface area contributed by atoms with E-state index in [1.807, 2.05) is 177 Å². The van der Waals surface area contributed by atoms with Gasteiger partial charge in [-0.25, -0.2) is 22.0 Å². The molecule has 0 saturated heterocycles. The van der Waals surface area contributed by atoms with Gasteiger partial charge in [-0.15, -0.1) is 0 Å². The zero-order valence-corrected chi connectivity index (χ0v) is 84.4. The predicted molar refractivity (Wildman–Crippen MR) is 573 cm³/mol. The summed E-state index contributed by atoms with van der Waals surface area (Å²) >= 11 is 0. The Bertz CT molecular complexity index is 7670. The van der Waals surface area contributed by atoms with Gasteiger partial charge in [0.1, 0.15) is 61.5 Å². The number of pyridine rings is 10. The van der Waals surface area contributed by atoms with Gasteiger partial charge in [-0.1, -0.05) is 37.8 Å². The number of nitrogens with one attached hydrogen (secondary N) is 5. The average molecular weight is 2000 g/mol. The number of rotatable bonds is 25. The van der Waals surface area contributed by atoms with Crippen molar-refractivity contribution >= 4 is 111 Å². The second-order valence-electron chi connectivity index (χ2n) is 39.8. The van der Waals surface area contributed by atoms with Crippen molar-refractivity contribution < 1.29 is 45.6 Å². The number of nitrogen functional groups attached to an aromatic ring is 5. The van der Waals surface area contributed by atoms with Gasteiger partial charge in [0.05, 0.1) is 112 Å². The normalized spacial score (nSPS) is 14.8. The highest BCUT2D eigenvalue weighted by atomic mass is 19.1. The van der Waals surface area contributed by atoms with Gasteiger partial charge in [0, 0.05) is 152 Å². The van der Waals surface area contributed by atoms with Crippen molar-refractivity contribution in [3.05, 3.63) is 288 Å². The number of nitrogens with two attached hydrogens (primary N) is 5. The minimum absolute atomic E-state index is 0. The molecule has 2 atom stereocenters. The lowest BCUT2D eigenvalue weighted by Crippen LogP contribution is -2.38. The smallest absolute Gasteiger partial charge is 0.194 e. The summed E-state index contributed by atoms with van der Waals surface area (Å²) in [6.45, 7) is 33.3. The van der Waals surface area contributed by atoms with Gasteiger partial charge in [0.25, 0.3) is 0 Å². The maximum absolute atomic E-state index is 15.2. The van der Waals surface area contributed by atoms with Gasteiger partial charge >= 0.3 is 0 Å². The van der Waals surface area contributed by atoms with Crippen LogP contribution >= 0.6 is 0 Å². The quantitative estimate of drug-likeness (QED) is 0.0144. The molecular weight excluding hydrogens is 1870 g/mol. The molecule has 15 N–H and O–H groups in total. The van der Waals surface area contributed by atoms with E-state index in [1.165, 1.54) is 0 Å². The summed E-state index contributed by atoms with van der Waals surface area (Å²) in [6.07, 6.45) is 29.3. The molecule has 0 amide bonds. The van der Waals surface area contributed by atoms with E-state index in [0.29, 0.717) is 150 Å². The predicted octanol–water partition coefficient (Wildman–Crippen LogP) is 18.9. The fourth-order valence-electron chi connectivity index (χ4n) is 19.2. The van der Waals surface area contributed by atoms with E-state index in [0.717, 1.165) is 104 Å². The Morgan fingerprint density at radius 3 is 0.918 bits per heavy atom. The van der Waals surface area contributed by atoms with E-state index in [4.69, 9.17) is 52.4 Å². The number of halogens is 5. The van der Waals surface area contributed by atoms with Gasteiger partial charge in [0.2, 0.25) is 0 Å². The maximum Gasteiger partial charge on any atom is 0.194 e. The number of benzene rings is 5. The third-order valence-corrected chi connectivity index (χ3v) is 27.4. The summed E-state index contributed by atoms with van der Waals surface area (Å²) in [5.41, 5.74) is 41.3. The molecule has 0 spiro atoms. The third kappa shape index (κ3) is 20.5.